The molecule has 1 aromatic carbocycles. The Morgan fingerprint density at radius 3 is 2.62 bits per heavy atom. The Balaban J connectivity index is 1.45. The van der Waals surface area contributed by atoms with E-state index in [1.54, 1.807) is 36.5 Å². The molecule has 3 heterocycles. The van der Waals surface area contributed by atoms with E-state index < -0.39 is 0 Å². The number of carbonyl (C=O) groups excluding carboxylic acids is 1. The second kappa shape index (κ2) is 6.92. The number of benzene rings is 1. The van der Waals surface area contributed by atoms with E-state index in [0.29, 0.717) is 67.8 Å². The highest BCUT2D eigenvalue weighted by Gasteiger charge is 2.25. The predicted molar refractivity (Wildman–Crippen MR) is 94.5 cm³/mol. The second-order valence-corrected chi connectivity index (χ2v) is 6.12. The van der Waals surface area contributed by atoms with Crippen LogP contribution in [0.1, 0.15) is 15.9 Å². The van der Waals surface area contributed by atoms with Gasteiger partial charge in [-0.2, -0.15) is 5.26 Å². The van der Waals surface area contributed by atoms with Gasteiger partial charge in [0.25, 0.3) is 5.91 Å². The molecule has 1 saturated heterocycles. The van der Waals surface area contributed by atoms with Gasteiger partial charge in [0, 0.05) is 37.9 Å². The average molecular weight is 350 g/mol. The molecule has 0 N–H and O–H groups in total. The van der Waals surface area contributed by atoms with Crippen LogP contribution in [0.2, 0.25) is 0 Å². The molecule has 1 amide bonds. The van der Waals surface area contributed by atoms with Crippen molar-refractivity contribution in [3.05, 3.63) is 47.7 Å². The zero-order valence-corrected chi connectivity index (χ0v) is 14.2. The average Bonchev–Trinajstić information content (AvgIpc) is 2.73. The number of anilines is 1. The van der Waals surface area contributed by atoms with Crippen LogP contribution in [-0.2, 0) is 0 Å². The van der Waals surface area contributed by atoms with E-state index in [2.05, 4.69) is 11.1 Å². The van der Waals surface area contributed by atoms with Crippen LogP contribution < -0.4 is 14.4 Å². The van der Waals surface area contributed by atoms with Crippen LogP contribution in [0.5, 0.6) is 11.5 Å². The minimum atomic E-state index is -0.0249. The number of hydrogen-bond donors (Lipinski definition) is 0. The Bertz CT molecular complexity index is 869. The van der Waals surface area contributed by atoms with Crippen LogP contribution in [0, 0.1) is 11.3 Å². The maximum absolute atomic E-state index is 12.8. The number of amides is 1. The van der Waals surface area contributed by atoms with E-state index in [1.165, 1.54) is 0 Å². The fourth-order valence-electron chi connectivity index (χ4n) is 3.22. The van der Waals surface area contributed by atoms with E-state index in [-0.39, 0.29) is 5.91 Å². The largest absolute Gasteiger partial charge is 0.486 e. The van der Waals surface area contributed by atoms with Gasteiger partial charge in [0.2, 0.25) is 0 Å². The summed E-state index contributed by atoms with van der Waals surface area (Å²) in [6, 6.07) is 11.0. The Labute approximate surface area is 151 Å². The monoisotopic (exact) mass is 350 g/mol. The van der Waals surface area contributed by atoms with Crippen LogP contribution in [0.25, 0.3) is 0 Å². The second-order valence-electron chi connectivity index (χ2n) is 6.12. The molecule has 2 aliphatic heterocycles. The van der Waals surface area contributed by atoms with Gasteiger partial charge >= 0.3 is 0 Å². The minimum Gasteiger partial charge on any atom is -0.486 e. The molecule has 7 nitrogen and oxygen atoms in total. The quantitative estimate of drug-likeness (QED) is 0.820. The molecule has 0 unspecified atom stereocenters. The number of nitrogens with zero attached hydrogens (tertiary/aromatic N) is 4. The number of aromatic nitrogens is 1. The van der Waals surface area contributed by atoms with Gasteiger partial charge in [-0.05, 0) is 30.3 Å². The van der Waals surface area contributed by atoms with Crippen molar-refractivity contribution < 1.29 is 14.3 Å². The number of hydrogen-bond acceptors (Lipinski definition) is 6. The molecule has 7 heteroatoms. The SMILES string of the molecule is N#Cc1cccnc1N1CCN(C(=O)c2ccc3c(c2)OCCO3)CC1. The Hall–Kier alpha value is -3.27. The summed E-state index contributed by atoms with van der Waals surface area (Å²) in [6.07, 6.45) is 1.68. The highest BCUT2D eigenvalue weighted by Crippen LogP contribution is 2.31. The first-order chi connectivity index (χ1) is 12.8. The van der Waals surface area contributed by atoms with E-state index in [9.17, 15) is 10.1 Å². The predicted octanol–water partition coefficient (Wildman–Crippen LogP) is 1.69. The lowest BCUT2D eigenvalue weighted by molar-refractivity contribution is 0.0745. The molecule has 2 aliphatic rings. The van der Waals surface area contributed by atoms with Gasteiger partial charge in [0.1, 0.15) is 25.1 Å². The Morgan fingerprint density at radius 2 is 1.85 bits per heavy atom. The first-order valence-electron chi connectivity index (χ1n) is 8.55. The first kappa shape index (κ1) is 16.2. The lowest BCUT2D eigenvalue weighted by atomic mass is 10.1. The Morgan fingerprint density at radius 1 is 1.08 bits per heavy atom. The molecule has 1 aromatic heterocycles. The molecule has 0 saturated carbocycles. The molecule has 132 valence electrons. The molecule has 0 radical (unpaired) electrons. The zero-order valence-electron chi connectivity index (χ0n) is 14.2. The van der Waals surface area contributed by atoms with Gasteiger partial charge in [0.15, 0.2) is 11.5 Å². The molecule has 0 aliphatic carbocycles. The lowest BCUT2D eigenvalue weighted by Gasteiger charge is -2.35. The zero-order chi connectivity index (χ0) is 17.9. The smallest absolute Gasteiger partial charge is 0.254 e. The summed E-state index contributed by atoms with van der Waals surface area (Å²) in [5, 5.41) is 9.23. The summed E-state index contributed by atoms with van der Waals surface area (Å²) in [7, 11) is 0. The van der Waals surface area contributed by atoms with Crippen molar-refractivity contribution in [1.29, 1.82) is 5.26 Å². The number of pyridine rings is 1. The third-order valence-electron chi connectivity index (χ3n) is 4.56. The van der Waals surface area contributed by atoms with Gasteiger partial charge in [-0.25, -0.2) is 4.98 Å². The van der Waals surface area contributed by atoms with Crippen molar-refractivity contribution in [2.45, 2.75) is 0 Å². The molecule has 2 aromatic rings. The molecule has 4 rings (SSSR count). The number of fused-ring (bicyclic) bond motifs is 1. The molecule has 0 bridgehead atoms. The molecule has 26 heavy (non-hydrogen) atoms. The van der Waals surface area contributed by atoms with Gasteiger partial charge in [0.05, 0.1) is 5.56 Å². The summed E-state index contributed by atoms with van der Waals surface area (Å²) in [5.41, 5.74) is 1.15. The molecular weight excluding hydrogens is 332 g/mol. The van der Waals surface area contributed by atoms with Crippen molar-refractivity contribution in [2.75, 3.05) is 44.3 Å². The van der Waals surface area contributed by atoms with E-state index >= 15 is 0 Å². The summed E-state index contributed by atoms with van der Waals surface area (Å²) in [5.74, 6) is 1.95. The molecule has 1 fully saturated rings. The molecule has 0 spiro atoms. The number of carbonyl (C=O) groups is 1. The van der Waals surface area contributed by atoms with E-state index in [4.69, 9.17) is 9.47 Å². The summed E-state index contributed by atoms with van der Waals surface area (Å²) < 4.78 is 11.1. The highest BCUT2D eigenvalue weighted by atomic mass is 16.6. The van der Waals surface area contributed by atoms with Gasteiger partial charge in [-0.3, -0.25) is 4.79 Å². The van der Waals surface area contributed by atoms with Crippen LogP contribution in [0.3, 0.4) is 0 Å². The number of nitriles is 1. The molecule has 0 atom stereocenters. The van der Waals surface area contributed by atoms with Crippen LogP contribution >= 0.6 is 0 Å². The standard InChI is InChI=1S/C19H18N4O3/c20-13-15-2-1-5-21-18(15)22-6-8-23(9-7-22)19(24)14-3-4-16-17(12-14)26-11-10-25-16/h1-5,12H,6-11H2. The van der Waals surface area contributed by atoms with Crippen LogP contribution in [0.4, 0.5) is 5.82 Å². The van der Waals surface area contributed by atoms with Crippen LogP contribution in [-0.4, -0.2) is 55.2 Å². The lowest BCUT2D eigenvalue weighted by Crippen LogP contribution is -2.49. The Kier molecular flexibility index (Phi) is 4.32. The highest BCUT2D eigenvalue weighted by molar-refractivity contribution is 5.95. The van der Waals surface area contributed by atoms with Crippen molar-refractivity contribution in [1.82, 2.24) is 9.88 Å². The number of ether oxygens (including phenoxy) is 2. The van der Waals surface area contributed by atoms with Crippen molar-refractivity contribution in [2.24, 2.45) is 0 Å². The van der Waals surface area contributed by atoms with Crippen molar-refractivity contribution >= 4 is 11.7 Å². The normalized spacial score (nSPS) is 16.1. The van der Waals surface area contributed by atoms with Gasteiger partial charge in [-0.1, -0.05) is 0 Å². The summed E-state index contributed by atoms with van der Waals surface area (Å²) in [4.78, 5) is 21.0. The third kappa shape index (κ3) is 3.02. The van der Waals surface area contributed by atoms with E-state index in [0.717, 1.165) is 0 Å². The summed E-state index contributed by atoms with van der Waals surface area (Å²) in [6.45, 7) is 3.46. The van der Waals surface area contributed by atoms with Crippen molar-refractivity contribution in [3.63, 3.8) is 0 Å². The summed E-state index contributed by atoms with van der Waals surface area (Å²) >= 11 is 0. The number of piperazine rings is 1. The third-order valence-corrected chi connectivity index (χ3v) is 4.56. The number of rotatable bonds is 2. The van der Waals surface area contributed by atoms with Gasteiger partial charge in [-0.15, -0.1) is 0 Å². The van der Waals surface area contributed by atoms with Crippen molar-refractivity contribution in [3.8, 4) is 17.6 Å². The fraction of sp³-hybridized carbons (Fsp3) is 0.316. The van der Waals surface area contributed by atoms with Gasteiger partial charge < -0.3 is 19.3 Å². The minimum absolute atomic E-state index is 0.0249. The molecular formula is C19H18N4O3. The van der Waals surface area contributed by atoms with Crippen LogP contribution in [0.15, 0.2) is 36.5 Å². The maximum atomic E-state index is 12.8. The van der Waals surface area contributed by atoms with E-state index in [1.807, 2.05) is 9.80 Å². The topological polar surface area (TPSA) is 78.7 Å². The fourth-order valence-corrected chi connectivity index (χ4v) is 3.22. The maximum Gasteiger partial charge on any atom is 0.254 e. The first-order valence-corrected chi connectivity index (χ1v) is 8.55.